The van der Waals surface area contributed by atoms with Gasteiger partial charge in [0.25, 0.3) is 11.8 Å². The number of anilines is 2. The number of ether oxygens (including phenoxy) is 1. The number of methoxy groups -OCH3 is 1. The van der Waals surface area contributed by atoms with Gasteiger partial charge < -0.3 is 25.2 Å². The smallest absolute Gasteiger partial charge is 0.419 e. The van der Waals surface area contributed by atoms with E-state index < -0.39 is 11.7 Å². The molecule has 9 nitrogen and oxygen atoms in total. The lowest BCUT2D eigenvalue weighted by Gasteiger charge is -2.52. The maximum atomic E-state index is 14.0. The number of hydrogen-bond acceptors (Lipinski definition) is 7. The first-order valence-corrected chi connectivity index (χ1v) is 15.2. The van der Waals surface area contributed by atoms with Crippen LogP contribution in [0.1, 0.15) is 68.8 Å². The van der Waals surface area contributed by atoms with E-state index in [2.05, 4.69) is 32.5 Å². The van der Waals surface area contributed by atoms with E-state index in [4.69, 9.17) is 16.3 Å². The number of aromatic nitrogens is 2. The largest absolute Gasteiger partial charge is 0.495 e. The Morgan fingerprint density at radius 1 is 1.18 bits per heavy atom. The molecular weight excluding hydrogens is 609 g/mol. The quantitative estimate of drug-likeness (QED) is 0.342. The lowest BCUT2D eigenvalue weighted by Crippen LogP contribution is -2.54. The summed E-state index contributed by atoms with van der Waals surface area (Å²) in [4.78, 5) is 37.9. The van der Waals surface area contributed by atoms with Gasteiger partial charge in [-0.2, -0.15) is 13.2 Å². The first-order valence-electron chi connectivity index (χ1n) is 14.8. The molecular formula is C32H34ClF3N6O3. The van der Waals surface area contributed by atoms with Crippen LogP contribution in [0.25, 0.3) is 0 Å². The lowest BCUT2D eigenvalue weighted by atomic mass is 9.60. The summed E-state index contributed by atoms with van der Waals surface area (Å²) < 4.78 is 47.5. The van der Waals surface area contributed by atoms with Gasteiger partial charge in [-0.25, -0.2) is 9.97 Å². The van der Waals surface area contributed by atoms with E-state index in [1.54, 1.807) is 25.2 Å². The third-order valence-corrected chi connectivity index (χ3v) is 9.57. The molecule has 2 N–H and O–H groups in total. The monoisotopic (exact) mass is 642 g/mol. The molecule has 238 valence electrons. The molecule has 1 spiro atoms. The minimum Gasteiger partial charge on any atom is -0.495 e. The van der Waals surface area contributed by atoms with Crippen molar-refractivity contribution in [2.45, 2.75) is 50.9 Å². The number of nitrogens with one attached hydrogen (secondary N) is 2. The highest BCUT2D eigenvalue weighted by Gasteiger charge is 2.46. The number of alkyl halides is 3. The van der Waals surface area contributed by atoms with Crippen molar-refractivity contribution in [2.24, 2.45) is 5.41 Å². The van der Waals surface area contributed by atoms with Crippen molar-refractivity contribution in [3.05, 3.63) is 75.1 Å². The van der Waals surface area contributed by atoms with Gasteiger partial charge in [0.15, 0.2) is 0 Å². The van der Waals surface area contributed by atoms with Crippen LogP contribution in [0.2, 0.25) is 5.02 Å². The Morgan fingerprint density at radius 2 is 1.91 bits per heavy atom. The highest BCUT2D eigenvalue weighted by molar-refractivity contribution is 6.34. The fourth-order valence-electron chi connectivity index (χ4n) is 6.72. The van der Waals surface area contributed by atoms with Gasteiger partial charge >= 0.3 is 6.18 Å². The van der Waals surface area contributed by atoms with Gasteiger partial charge in [0.1, 0.15) is 5.75 Å². The van der Waals surface area contributed by atoms with Crippen LogP contribution < -0.4 is 15.4 Å². The molecule has 45 heavy (non-hydrogen) atoms. The molecule has 1 aromatic heterocycles. The number of halogens is 4. The Morgan fingerprint density at radius 3 is 2.60 bits per heavy atom. The Kier molecular flexibility index (Phi) is 8.15. The minimum atomic E-state index is -4.71. The minimum absolute atomic E-state index is 0.0706. The summed E-state index contributed by atoms with van der Waals surface area (Å²) in [7, 11) is 5.18. The molecule has 0 radical (unpaired) electrons. The van der Waals surface area contributed by atoms with Crippen molar-refractivity contribution in [1.82, 2.24) is 25.1 Å². The molecule has 2 amide bonds. The molecule has 3 aromatic rings. The topological polar surface area (TPSA) is 99.7 Å². The molecule has 1 saturated carbocycles. The maximum absolute atomic E-state index is 14.0. The Balaban J connectivity index is 1.22. The fraction of sp³-hybridized carbons (Fsp3) is 0.438. The second-order valence-electron chi connectivity index (χ2n) is 12.4. The molecule has 0 atom stereocenters. The summed E-state index contributed by atoms with van der Waals surface area (Å²) >= 11 is 6.54. The number of nitrogens with zero attached hydrogens (tertiary/aromatic N) is 4. The molecule has 1 aliphatic carbocycles. The van der Waals surface area contributed by atoms with E-state index in [0.717, 1.165) is 44.3 Å². The number of hydrogen-bond donors (Lipinski definition) is 2. The zero-order chi connectivity index (χ0) is 32.1. The van der Waals surface area contributed by atoms with Crippen molar-refractivity contribution < 1.29 is 27.5 Å². The molecule has 6 rings (SSSR count). The lowest BCUT2D eigenvalue weighted by molar-refractivity contribution is -0.138. The zero-order valence-corrected chi connectivity index (χ0v) is 26.0. The summed E-state index contributed by atoms with van der Waals surface area (Å²) in [6, 6.07) is 8.17. The van der Waals surface area contributed by atoms with E-state index in [-0.39, 0.29) is 57.9 Å². The van der Waals surface area contributed by atoms with E-state index in [1.807, 2.05) is 0 Å². The zero-order valence-electron chi connectivity index (χ0n) is 25.2. The molecule has 2 fully saturated rings. The Hall–Kier alpha value is -3.90. The van der Waals surface area contributed by atoms with Gasteiger partial charge in [-0.05, 0) is 74.5 Å². The van der Waals surface area contributed by atoms with E-state index in [9.17, 15) is 22.8 Å². The number of likely N-dealkylation sites (tertiary alicyclic amines) is 1. The maximum Gasteiger partial charge on any atom is 0.419 e. The summed E-state index contributed by atoms with van der Waals surface area (Å²) in [5.74, 6) is -0.451. The molecule has 0 unspecified atom stereocenters. The van der Waals surface area contributed by atoms with E-state index >= 15 is 0 Å². The van der Waals surface area contributed by atoms with Crippen LogP contribution in [-0.4, -0.2) is 71.9 Å². The van der Waals surface area contributed by atoms with Crippen LogP contribution in [0.3, 0.4) is 0 Å². The third kappa shape index (κ3) is 6.17. The highest BCUT2D eigenvalue weighted by atomic mass is 35.5. The predicted molar refractivity (Wildman–Crippen MR) is 163 cm³/mol. The number of fused-ring (bicyclic) bond motifs is 1. The van der Waals surface area contributed by atoms with Gasteiger partial charge in [0.05, 0.1) is 34.6 Å². The van der Waals surface area contributed by atoms with Gasteiger partial charge in [-0.15, -0.1) is 0 Å². The van der Waals surface area contributed by atoms with Crippen LogP contribution in [-0.2, 0) is 19.1 Å². The van der Waals surface area contributed by atoms with Crippen molar-refractivity contribution in [3.63, 3.8) is 0 Å². The number of carbonyl (C=O) groups excluding carboxylic acids is 2. The summed E-state index contributed by atoms with van der Waals surface area (Å²) in [6.07, 6.45) is -0.103. The SMILES string of the molecule is COc1cc(C(=O)NC2CC3(CCN(C)CC3)C2)c(Cl)cc1Nc1ncc(C(F)(F)F)c(Cc2cccc3c2C(=O)N(C)C3)n1. The van der Waals surface area contributed by atoms with Crippen molar-refractivity contribution in [3.8, 4) is 5.75 Å². The fourth-order valence-corrected chi connectivity index (χ4v) is 6.97. The average molecular weight is 643 g/mol. The highest BCUT2D eigenvalue weighted by Crippen LogP contribution is 2.49. The first kappa shape index (κ1) is 31.1. The summed E-state index contributed by atoms with van der Waals surface area (Å²) in [5, 5.41) is 6.12. The van der Waals surface area contributed by atoms with Crippen LogP contribution in [0, 0.1) is 5.41 Å². The molecule has 2 aromatic carbocycles. The summed E-state index contributed by atoms with van der Waals surface area (Å²) in [6.45, 7) is 2.51. The van der Waals surface area contributed by atoms with Crippen molar-refractivity contribution in [1.29, 1.82) is 0 Å². The first-order chi connectivity index (χ1) is 21.4. The van der Waals surface area contributed by atoms with E-state index in [1.165, 1.54) is 24.1 Å². The standard InChI is InChI=1S/C32H34ClF3N6O3/c1-41-9-7-31(8-10-41)14-20(15-31)38-28(43)21-12-26(45-3)25(13-23(21)33)40-30-37-16-22(32(34,35)36)24(39-30)11-18-5-4-6-19-17-42(2)29(44)27(18)19/h4-6,12-13,16,20H,7-11,14-15,17H2,1-3H3,(H,38,43)(H,37,39,40). The van der Waals surface area contributed by atoms with Crippen LogP contribution in [0.15, 0.2) is 36.5 Å². The molecule has 13 heteroatoms. The molecule has 1 saturated heterocycles. The third-order valence-electron chi connectivity index (χ3n) is 9.26. The predicted octanol–water partition coefficient (Wildman–Crippen LogP) is 5.68. The van der Waals surface area contributed by atoms with Crippen molar-refractivity contribution in [2.75, 3.05) is 39.6 Å². The second kappa shape index (κ2) is 11.8. The normalized spacial score (nSPS) is 18.1. The second-order valence-corrected chi connectivity index (χ2v) is 12.8. The number of benzene rings is 2. The van der Waals surface area contributed by atoms with E-state index in [0.29, 0.717) is 29.3 Å². The van der Waals surface area contributed by atoms with Gasteiger partial charge in [0.2, 0.25) is 5.95 Å². The van der Waals surface area contributed by atoms with Crippen molar-refractivity contribution >= 4 is 35.1 Å². The molecule has 3 heterocycles. The van der Waals surface area contributed by atoms with Gasteiger partial charge in [-0.1, -0.05) is 29.8 Å². The van der Waals surface area contributed by atoms with Gasteiger partial charge in [-0.3, -0.25) is 9.59 Å². The average Bonchev–Trinajstić information content (AvgIpc) is 3.26. The van der Waals surface area contributed by atoms with Gasteiger partial charge in [0, 0.05) is 37.8 Å². The number of piperidine rings is 1. The van der Waals surface area contributed by atoms with Crippen LogP contribution in [0.5, 0.6) is 5.75 Å². The number of carbonyl (C=O) groups is 2. The van der Waals surface area contributed by atoms with Crippen LogP contribution in [0.4, 0.5) is 24.8 Å². The number of amides is 2. The molecule has 0 bridgehead atoms. The summed E-state index contributed by atoms with van der Waals surface area (Å²) in [5.41, 5.74) is 1.10. The van der Waals surface area contributed by atoms with Crippen LogP contribution >= 0.6 is 11.6 Å². The Labute approximate surface area is 264 Å². The Bertz CT molecular complexity index is 1650. The molecule has 2 aliphatic heterocycles. The molecule has 3 aliphatic rings. The number of rotatable bonds is 7.